The highest BCUT2D eigenvalue weighted by molar-refractivity contribution is 7.07. The highest BCUT2D eigenvalue weighted by atomic mass is 32.1. The van der Waals surface area contributed by atoms with Crippen molar-refractivity contribution in [2.75, 3.05) is 34.5 Å². The topological polar surface area (TPSA) is 86.8 Å². The molecule has 8 nitrogen and oxygen atoms in total. The van der Waals surface area contributed by atoms with Gasteiger partial charge in [-0.2, -0.15) is 5.10 Å². The smallest absolute Gasteiger partial charge is 0.206 e. The van der Waals surface area contributed by atoms with Gasteiger partial charge < -0.3 is 24.1 Å². The lowest BCUT2D eigenvalue weighted by Crippen LogP contribution is -2.13. The summed E-state index contributed by atoms with van der Waals surface area (Å²) in [6.07, 6.45) is 1.58. The van der Waals surface area contributed by atoms with Crippen molar-refractivity contribution in [2.45, 2.75) is 13.8 Å². The van der Waals surface area contributed by atoms with Crippen molar-refractivity contribution >= 4 is 17.6 Å². The zero-order valence-electron chi connectivity index (χ0n) is 20.0. The predicted molar refractivity (Wildman–Crippen MR) is 135 cm³/mol. The molecule has 9 heteroatoms. The molecule has 34 heavy (non-hydrogen) atoms. The van der Waals surface area contributed by atoms with E-state index in [9.17, 15) is 5.11 Å². The number of aromatic nitrogens is 1. The number of phenols is 1. The zero-order valence-corrected chi connectivity index (χ0v) is 20.8. The van der Waals surface area contributed by atoms with E-state index in [0.29, 0.717) is 46.5 Å². The number of rotatable bonds is 10. The van der Waals surface area contributed by atoms with Crippen LogP contribution in [0.4, 0.5) is 0 Å². The van der Waals surface area contributed by atoms with E-state index in [1.54, 1.807) is 50.4 Å². The number of ether oxygens (including phenoxy) is 4. The van der Waals surface area contributed by atoms with E-state index < -0.39 is 0 Å². The Morgan fingerprint density at radius 2 is 1.82 bits per heavy atom. The molecule has 0 aliphatic carbocycles. The highest BCUT2D eigenvalue weighted by Crippen LogP contribution is 2.41. The van der Waals surface area contributed by atoms with Crippen LogP contribution in [0.5, 0.6) is 28.7 Å². The van der Waals surface area contributed by atoms with Gasteiger partial charge in [-0.15, -0.1) is 11.3 Å². The van der Waals surface area contributed by atoms with Crippen LogP contribution in [0.2, 0.25) is 0 Å². The Balaban J connectivity index is 2.14. The van der Waals surface area contributed by atoms with Gasteiger partial charge in [0.15, 0.2) is 11.5 Å². The van der Waals surface area contributed by atoms with Crippen LogP contribution in [0.15, 0.2) is 58.0 Å². The van der Waals surface area contributed by atoms with Gasteiger partial charge in [0.05, 0.1) is 46.4 Å². The number of thiazole rings is 1. The van der Waals surface area contributed by atoms with Crippen molar-refractivity contribution in [1.29, 1.82) is 0 Å². The summed E-state index contributed by atoms with van der Waals surface area (Å²) < 4.78 is 23.6. The maximum Gasteiger partial charge on any atom is 0.206 e. The van der Waals surface area contributed by atoms with E-state index in [1.165, 1.54) is 11.3 Å². The molecule has 3 aromatic rings. The van der Waals surface area contributed by atoms with Crippen LogP contribution in [0.3, 0.4) is 0 Å². The molecule has 0 saturated carbocycles. The third kappa shape index (κ3) is 5.60. The first kappa shape index (κ1) is 24.9. The van der Waals surface area contributed by atoms with Crippen LogP contribution in [0.25, 0.3) is 11.3 Å². The number of phenolic OH excluding ortho intramolecular Hbond substituents is 1. The molecule has 0 amide bonds. The number of benzene rings is 2. The lowest BCUT2D eigenvalue weighted by atomic mass is 10.1. The van der Waals surface area contributed by atoms with Gasteiger partial charge in [0.25, 0.3) is 0 Å². The minimum atomic E-state index is 0.0697. The van der Waals surface area contributed by atoms with Crippen LogP contribution in [-0.4, -0.2) is 50.5 Å². The van der Waals surface area contributed by atoms with Crippen LogP contribution in [0.1, 0.15) is 19.4 Å². The number of hydrogen-bond acceptors (Lipinski definition) is 8. The summed E-state index contributed by atoms with van der Waals surface area (Å²) in [7, 11) is 4.71. The molecule has 2 aromatic carbocycles. The minimum absolute atomic E-state index is 0.0697. The van der Waals surface area contributed by atoms with Crippen molar-refractivity contribution in [3.05, 3.63) is 58.2 Å². The van der Waals surface area contributed by atoms with Crippen molar-refractivity contribution in [3.63, 3.8) is 0 Å². The third-order valence-corrected chi connectivity index (χ3v) is 5.61. The van der Waals surface area contributed by atoms with Crippen LogP contribution >= 0.6 is 11.3 Å². The third-order valence-electron chi connectivity index (χ3n) is 4.76. The van der Waals surface area contributed by atoms with Crippen molar-refractivity contribution in [3.8, 4) is 40.0 Å². The maximum absolute atomic E-state index is 10.4. The van der Waals surface area contributed by atoms with Crippen molar-refractivity contribution in [1.82, 2.24) is 4.68 Å². The largest absolute Gasteiger partial charge is 0.507 e. The highest BCUT2D eigenvalue weighted by Gasteiger charge is 2.17. The molecule has 0 aliphatic heterocycles. The van der Waals surface area contributed by atoms with Crippen LogP contribution in [0, 0.1) is 0 Å². The Bertz CT molecular complexity index is 1230. The summed E-state index contributed by atoms with van der Waals surface area (Å²) in [6, 6.07) is 8.81. The Hall–Kier alpha value is -3.72. The standard InChI is InChI=1S/C25H29N3O5S/c1-7-33-19-9-8-17(21(29)12-19)14-27-28-20(15-34-25(28)26-13-16(2)3)18-10-22(30-4)24(32-6)23(11-18)31-5/h8-12,14-15,29H,2,7,13H2,1,3-6H3. The number of methoxy groups -OCH3 is 3. The number of hydrogen-bond donors (Lipinski definition) is 1. The molecule has 0 spiro atoms. The lowest BCUT2D eigenvalue weighted by Gasteiger charge is -2.14. The molecule has 3 rings (SSSR count). The summed E-state index contributed by atoms with van der Waals surface area (Å²) >= 11 is 1.44. The van der Waals surface area contributed by atoms with Crippen molar-refractivity contribution in [2.24, 2.45) is 10.1 Å². The molecule has 1 aromatic heterocycles. The molecular formula is C25H29N3O5S. The fourth-order valence-electron chi connectivity index (χ4n) is 3.16. The van der Waals surface area contributed by atoms with E-state index in [-0.39, 0.29) is 5.75 Å². The molecule has 0 aliphatic rings. The molecule has 0 fully saturated rings. The molecule has 1 N–H and O–H groups in total. The Labute approximate surface area is 203 Å². The average Bonchev–Trinajstić information content (AvgIpc) is 3.24. The quantitative estimate of drug-likeness (QED) is 0.334. The summed E-state index contributed by atoms with van der Waals surface area (Å²) in [5.41, 5.74) is 3.05. The monoisotopic (exact) mass is 483 g/mol. The van der Waals surface area contributed by atoms with Gasteiger partial charge in [0.1, 0.15) is 11.5 Å². The first-order valence-corrected chi connectivity index (χ1v) is 11.5. The molecule has 180 valence electrons. The lowest BCUT2D eigenvalue weighted by molar-refractivity contribution is 0.324. The van der Waals surface area contributed by atoms with Crippen molar-refractivity contribution < 1.29 is 24.1 Å². The molecule has 0 saturated heterocycles. The van der Waals surface area contributed by atoms with E-state index in [2.05, 4.69) is 16.7 Å². The second-order valence-corrected chi connectivity index (χ2v) is 8.14. The van der Waals surface area contributed by atoms with E-state index in [1.807, 2.05) is 31.4 Å². The minimum Gasteiger partial charge on any atom is -0.507 e. The number of nitrogens with zero attached hydrogens (tertiary/aromatic N) is 3. The summed E-state index contributed by atoms with van der Waals surface area (Å²) in [5.74, 6) is 2.23. The molecule has 0 radical (unpaired) electrons. The molecule has 0 atom stereocenters. The molecule has 1 heterocycles. The SMILES string of the molecule is C=C(C)CN=c1scc(-c2cc(OC)c(OC)c(OC)c2)n1N=Cc1ccc(OCC)cc1O. The van der Waals surface area contributed by atoms with Crippen LogP contribution in [-0.2, 0) is 0 Å². The van der Waals surface area contributed by atoms with Crippen LogP contribution < -0.4 is 23.7 Å². The number of aromatic hydroxyl groups is 1. The Kier molecular flexibility index (Phi) is 8.37. The summed E-state index contributed by atoms with van der Waals surface area (Å²) in [5, 5.41) is 17.0. The van der Waals surface area contributed by atoms with E-state index in [0.717, 1.165) is 16.8 Å². The first-order valence-electron chi connectivity index (χ1n) is 10.6. The summed E-state index contributed by atoms with van der Waals surface area (Å²) in [6.45, 7) is 8.73. The molecule has 0 bridgehead atoms. The second kappa shape index (κ2) is 11.4. The van der Waals surface area contributed by atoms with Gasteiger partial charge in [-0.25, -0.2) is 4.68 Å². The molecule has 0 unspecified atom stereocenters. The summed E-state index contributed by atoms with van der Waals surface area (Å²) in [4.78, 5) is 5.32. The fraction of sp³-hybridized carbons (Fsp3) is 0.280. The van der Waals surface area contributed by atoms with Gasteiger partial charge in [0, 0.05) is 22.6 Å². The average molecular weight is 484 g/mol. The van der Waals surface area contributed by atoms with E-state index in [4.69, 9.17) is 18.9 Å². The van der Waals surface area contributed by atoms with Gasteiger partial charge in [0.2, 0.25) is 10.6 Å². The van der Waals surface area contributed by atoms with Gasteiger partial charge in [-0.05, 0) is 38.1 Å². The molecular weight excluding hydrogens is 454 g/mol. The Morgan fingerprint density at radius 3 is 2.38 bits per heavy atom. The fourth-order valence-corrected chi connectivity index (χ4v) is 4.00. The van der Waals surface area contributed by atoms with Gasteiger partial charge in [-0.1, -0.05) is 12.2 Å². The van der Waals surface area contributed by atoms with Gasteiger partial charge >= 0.3 is 0 Å². The predicted octanol–water partition coefficient (Wildman–Crippen LogP) is 4.71. The maximum atomic E-state index is 10.4. The second-order valence-electron chi connectivity index (χ2n) is 7.30. The first-order chi connectivity index (χ1) is 16.4. The van der Waals surface area contributed by atoms with E-state index >= 15 is 0 Å². The normalized spacial score (nSPS) is 11.6. The van der Waals surface area contributed by atoms with Gasteiger partial charge in [-0.3, -0.25) is 4.99 Å². The Morgan fingerprint density at radius 1 is 1.12 bits per heavy atom. The zero-order chi connectivity index (χ0) is 24.7.